The highest BCUT2D eigenvalue weighted by molar-refractivity contribution is 7.92. The van der Waals surface area contributed by atoms with Crippen molar-refractivity contribution in [3.63, 3.8) is 0 Å². The summed E-state index contributed by atoms with van der Waals surface area (Å²) in [5, 5.41) is 2.90. The van der Waals surface area contributed by atoms with E-state index in [1.54, 1.807) is 42.5 Å². The number of carbonyl (C=O) groups is 1. The Morgan fingerprint density at radius 3 is 2.19 bits per heavy atom. The molecule has 5 nitrogen and oxygen atoms in total. The number of benzene rings is 2. The molecular formula is C20H25FN2O3S. The van der Waals surface area contributed by atoms with Crippen LogP contribution in [-0.4, -0.2) is 26.6 Å². The van der Waals surface area contributed by atoms with E-state index in [2.05, 4.69) is 5.32 Å². The van der Waals surface area contributed by atoms with Crippen molar-refractivity contribution in [2.24, 2.45) is 5.92 Å². The van der Waals surface area contributed by atoms with Gasteiger partial charge < -0.3 is 5.32 Å². The summed E-state index contributed by atoms with van der Waals surface area (Å²) in [6.07, 6.45) is 1.07. The van der Waals surface area contributed by atoms with Gasteiger partial charge in [-0.1, -0.05) is 32.0 Å². The van der Waals surface area contributed by atoms with Crippen molar-refractivity contribution in [2.75, 3.05) is 10.6 Å². The molecule has 0 bridgehead atoms. The first-order valence-corrected chi connectivity index (χ1v) is 10.6. The van der Waals surface area contributed by atoms with Gasteiger partial charge in [-0.2, -0.15) is 0 Å². The van der Waals surface area contributed by atoms with Crippen LogP contribution in [0.1, 0.15) is 36.7 Å². The molecule has 0 saturated heterocycles. The van der Waals surface area contributed by atoms with Gasteiger partial charge >= 0.3 is 0 Å². The Morgan fingerprint density at radius 1 is 1.07 bits per heavy atom. The van der Waals surface area contributed by atoms with E-state index in [4.69, 9.17) is 0 Å². The molecule has 0 aliphatic rings. The molecule has 146 valence electrons. The maximum atomic E-state index is 13.9. The Morgan fingerprint density at radius 2 is 1.67 bits per heavy atom. The molecule has 1 atom stereocenters. The molecule has 0 spiro atoms. The third kappa shape index (κ3) is 5.53. The van der Waals surface area contributed by atoms with E-state index in [1.807, 2.05) is 20.8 Å². The average Bonchev–Trinajstić information content (AvgIpc) is 2.60. The Labute approximate surface area is 160 Å². The van der Waals surface area contributed by atoms with Gasteiger partial charge in [0.05, 0.1) is 18.5 Å². The van der Waals surface area contributed by atoms with Crippen LogP contribution in [0.5, 0.6) is 0 Å². The monoisotopic (exact) mass is 392 g/mol. The average molecular weight is 392 g/mol. The van der Waals surface area contributed by atoms with E-state index in [0.29, 0.717) is 17.2 Å². The van der Waals surface area contributed by atoms with Crippen molar-refractivity contribution in [1.29, 1.82) is 0 Å². The zero-order valence-corrected chi connectivity index (χ0v) is 16.8. The SMILES string of the molecule is CC(C)C(C)NC(=O)c1ccc(N(Cc2ccccc2F)S(C)(=O)=O)cc1. The van der Waals surface area contributed by atoms with E-state index >= 15 is 0 Å². The fourth-order valence-corrected chi connectivity index (χ4v) is 3.30. The first-order chi connectivity index (χ1) is 12.6. The van der Waals surface area contributed by atoms with Crippen molar-refractivity contribution in [2.45, 2.75) is 33.4 Å². The Hall–Kier alpha value is -2.41. The van der Waals surface area contributed by atoms with Crippen molar-refractivity contribution in [3.8, 4) is 0 Å². The maximum absolute atomic E-state index is 13.9. The molecule has 0 saturated carbocycles. The van der Waals surface area contributed by atoms with E-state index in [1.165, 1.54) is 6.07 Å². The highest BCUT2D eigenvalue weighted by Gasteiger charge is 2.20. The summed E-state index contributed by atoms with van der Waals surface area (Å²) < 4.78 is 39.5. The highest BCUT2D eigenvalue weighted by Crippen LogP contribution is 2.22. The minimum atomic E-state index is -3.63. The van der Waals surface area contributed by atoms with E-state index < -0.39 is 15.8 Å². The summed E-state index contributed by atoms with van der Waals surface area (Å²) in [5.41, 5.74) is 1.08. The minimum absolute atomic E-state index is 0.0192. The third-order valence-electron chi connectivity index (χ3n) is 4.45. The van der Waals surface area contributed by atoms with Gasteiger partial charge in [0.1, 0.15) is 5.82 Å². The van der Waals surface area contributed by atoms with Crippen LogP contribution in [-0.2, 0) is 16.6 Å². The predicted molar refractivity (Wildman–Crippen MR) is 106 cm³/mol. The second kappa shape index (κ2) is 8.52. The van der Waals surface area contributed by atoms with Crippen LogP contribution in [0.3, 0.4) is 0 Å². The number of nitrogens with zero attached hydrogens (tertiary/aromatic N) is 1. The molecule has 2 aromatic rings. The van der Waals surface area contributed by atoms with Gasteiger partial charge in [-0.15, -0.1) is 0 Å². The number of hydrogen-bond acceptors (Lipinski definition) is 3. The van der Waals surface area contributed by atoms with Gasteiger partial charge in [0.2, 0.25) is 10.0 Å². The molecule has 0 radical (unpaired) electrons. The van der Waals surface area contributed by atoms with E-state index in [9.17, 15) is 17.6 Å². The van der Waals surface area contributed by atoms with Crippen LogP contribution < -0.4 is 9.62 Å². The predicted octanol–water partition coefficient (Wildman–Crippen LogP) is 3.57. The Balaban J connectivity index is 2.25. The number of hydrogen-bond donors (Lipinski definition) is 1. The first kappa shape index (κ1) is 20.9. The number of rotatable bonds is 7. The van der Waals surface area contributed by atoms with Crippen LogP contribution in [0.2, 0.25) is 0 Å². The molecular weight excluding hydrogens is 367 g/mol. The second-order valence-corrected chi connectivity index (χ2v) is 8.82. The molecule has 2 aromatic carbocycles. The molecule has 0 aliphatic carbocycles. The highest BCUT2D eigenvalue weighted by atomic mass is 32.2. The third-order valence-corrected chi connectivity index (χ3v) is 5.59. The molecule has 1 amide bonds. The largest absolute Gasteiger partial charge is 0.349 e. The number of anilines is 1. The van der Waals surface area contributed by atoms with Crippen LogP contribution >= 0.6 is 0 Å². The summed E-state index contributed by atoms with van der Waals surface area (Å²) in [7, 11) is -3.63. The lowest BCUT2D eigenvalue weighted by Crippen LogP contribution is -2.36. The van der Waals surface area contributed by atoms with Gasteiger partial charge in [0.25, 0.3) is 5.91 Å². The summed E-state index contributed by atoms with van der Waals surface area (Å²) in [5.74, 6) is -0.387. The van der Waals surface area contributed by atoms with Gasteiger partial charge in [-0.3, -0.25) is 9.10 Å². The maximum Gasteiger partial charge on any atom is 0.251 e. The molecule has 0 fully saturated rings. The molecule has 7 heteroatoms. The number of halogens is 1. The van der Waals surface area contributed by atoms with Crippen molar-refractivity contribution in [1.82, 2.24) is 5.32 Å². The van der Waals surface area contributed by atoms with Gasteiger partial charge in [0, 0.05) is 17.2 Å². The quantitative estimate of drug-likeness (QED) is 0.783. The lowest BCUT2D eigenvalue weighted by Gasteiger charge is -2.23. The standard InChI is InChI=1S/C20H25FN2O3S/c1-14(2)15(3)22-20(24)16-9-11-18(12-10-16)23(27(4,25)26)13-17-7-5-6-8-19(17)21/h5-12,14-15H,13H2,1-4H3,(H,22,24). The topological polar surface area (TPSA) is 66.5 Å². The number of amides is 1. The normalized spacial score (nSPS) is 12.7. The second-order valence-electron chi connectivity index (χ2n) is 6.91. The molecule has 1 unspecified atom stereocenters. The summed E-state index contributed by atoms with van der Waals surface area (Å²) >= 11 is 0. The number of sulfonamides is 1. The fourth-order valence-electron chi connectivity index (χ4n) is 2.42. The molecule has 27 heavy (non-hydrogen) atoms. The zero-order chi connectivity index (χ0) is 20.2. The fraction of sp³-hybridized carbons (Fsp3) is 0.350. The molecule has 0 aromatic heterocycles. The smallest absolute Gasteiger partial charge is 0.251 e. The first-order valence-electron chi connectivity index (χ1n) is 8.71. The van der Waals surface area contributed by atoms with Crippen LogP contribution in [0.25, 0.3) is 0 Å². The number of carbonyl (C=O) groups excluding carboxylic acids is 1. The molecule has 0 aliphatic heterocycles. The van der Waals surface area contributed by atoms with E-state index in [-0.39, 0.29) is 24.1 Å². The zero-order valence-electron chi connectivity index (χ0n) is 15.9. The van der Waals surface area contributed by atoms with Crippen molar-refractivity contribution < 1.29 is 17.6 Å². The van der Waals surface area contributed by atoms with Crippen LogP contribution in [0.15, 0.2) is 48.5 Å². The van der Waals surface area contributed by atoms with E-state index in [0.717, 1.165) is 10.6 Å². The van der Waals surface area contributed by atoms with Gasteiger partial charge in [-0.25, -0.2) is 12.8 Å². The summed E-state index contributed by atoms with van der Waals surface area (Å²) in [4.78, 5) is 12.3. The lowest BCUT2D eigenvalue weighted by molar-refractivity contribution is 0.0930. The minimum Gasteiger partial charge on any atom is -0.349 e. The van der Waals surface area contributed by atoms with Gasteiger partial charge in [-0.05, 0) is 43.2 Å². The van der Waals surface area contributed by atoms with Crippen molar-refractivity contribution in [3.05, 3.63) is 65.5 Å². The molecule has 1 N–H and O–H groups in total. The van der Waals surface area contributed by atoms with Gasteiger partial charge in [0.15, 0.2) is 0 Å². The molecule has 2 rings (SSSR count). The number of nitrogens with one attached hydrogen (secondary N) is 1. The Bertz CT molecular complexity index is 896. The van der Waals surface area contributed by atoms with Crippen LogP contribution in [0, 0.1) is 11.7 Å². The van der Waals surface area contributed by atoms with Crippen molar-refractivity contribution >= 4 is 21.6 Å². The lowest BCUT2D eigenvalue weighted by atomic mass is 10.1. The summed E-state index contributed by atoms with van der Waals surface area (Å²) in [6, 6.07) is 12.3. The molecule has 0 heterocycles. The van der Waals surface area contributed by atoms with Crippen LogP contribution in [0.4, 0.5) is 10.1 Å². The summed E-state index contributed by atoms with van der Waals surface area (Å²) in [6.45, 7) is 5.83. The Kier molecular flexibility index (Phi) is 6.59.